The van der Waals surface area contributed by atoms with E-state index >= 15 is 0 Å². The number of rotatable bonds is 6. The van der Waals surface area contributed by atoms with Gasteiger partial charge in [-0.25, -0.2) is 4.98 Å². The van der Waals surface area contributed by atoms with Crippen molar-refractivity contribution < 1.29 is 14.7 Å². The third kappa shape index (κ3) is 4.52. The van der Waals surface area contributed by atoms with Crippen molar-refractivity contribution in [2.45, 2.75) is 45.4 Å². The Morgan fingerprint density at radius 3 is 2.86 bits per heavy atom. The molecule has 2 N–H and O–H groups in total. The van der Waals surface area contributed by atoms with Crippen LogP contribution in [-0.4, -0.2) is 28.5 Å². The van der Waals surface area contributed by atoms with E-state index in [1.54, 1.807) is 11.3 Å². The molecule has 1 aliphatic rings. The van der Waals surface area contributed by atoms with Gasteiger partial charge in [0, 0.05) is 30.0 Å². The lowest BCUT2D eigenvalue weighted by Crippen LogP contribution is -2.36. The lowest BCUT2D eigenvalue weighted by Gasteiger charge is -2.25. The van der Waals surface area contributed by atoms with Crippen molar-refractivity contribution >= 4 is 23.2 Å². The van der Waals surface area contributed by atoms with Crippen LogP contribution in [0.2, 0.25) is 0 Å². The number of aryl methyl sites for hydroxylation is 1. The number of carboxylic acid groups (broad SMARTS) is 1. The minimum atomic E-state index is -0.776. The van der Waals surface area contributed by atoms with Gasteiger partial charge in [-0.2, -0.15) is 0 Å². The summed E-state index contributed by atoms with van der Waals surface area (Å²) < 4.78 is 0. The zero-order valence-corrected chi connectivity index (χ0v) is 13.1. The Hall–Kier alpha value is -1.43. The van der Waals surface area contributed by atoms with Gasteiger partial charge in [-0.3, -0.25) is 9.59 Å². The molecule has 1 aromatic heterocycles. The van der Waals surface area contributed by atoms with Gasteiger partial charge in [0.1, 0.15) is 0 Å². The highest BCUT2D eigenvalue weighted by Crippen LogP contribution is 2.29. The predicted octanol–water partition coefficient (Wildman–Crippen LogP) is 2.26. The van der Waals surface area contributed by atoms with Crippen LogP contribution in [0.5, 0.6) is 0 Å². The molecular formula is C15H22N2O3S. The average molecular weight is 310 g/mol. The van der Waals surface area contributed by atoms with Gasteiger partial charge in [0.2, 0.25) is 5.91 Å². The summed E-state index contributed by atoms with van der Waals surface area (Å²) in [5, 5.41) is 13.0. The van der Waals surface area contributed by atoms with Crippen LogP contribution in [0.3, 0.4) is 0 Å². The van der Waals surface area contributed by atoms with E-state index in [1.807, 2.05) is 6.20 Å². The summed E-state index contributed by atoms with van der Waals surface area (Å²) in [4.78, 5) is 28.7. The molecule has 1 amide bonds. The fraction of sp³-hybridized carbons (Fsp3) is 0.667. The Morgan fingerprint density at radius 1 is 1.43 bits per heavy atom. The van der Waals surface area contributed by atoms with Crippen molar-refractivity contribution in [3.63, 3.8) is 0 Å². The number of nitrogens with zero attached hydrogens (tertiary/aromatic N) is 1. The minimum Gasteiger partial charge on any atom is -0.481 e. The van der Waals surface area contributed by atoms with Crippen LogP contribution in [-0.2, 0) is 22.4 Å². The normalized spacial score (nSPS) is 22.0. The number of thiazole rings is 1. The molecule has 6 heteroatoms. The van der Waals surface area contributed by atoms with Crippen molar-refractivity contribution in [2.75, 3.05) is 6.54 Å². The van der Waals surface area contributed by atoms with Crippen molar-refractivity contribution in [1.82, 2.24) is 10.3 Å². The summed E-state index contributed by atoms with van der Waals surface area (Å²) >= 11 is 1.68. The van der Waals surface area contributed by atoms with Gasteiger partial charge in [-0.15, -0.1) is 11.3 Å². The van der Waals surface area contributed by atoms with E-state index in [1.165, 1.54) is 4.88 Å². The Labute approximate surface area is 128 Å². The molecule has 0 aliphatic heterocycles. The summed E-state index contributed by atoms with van der Waals surface area (Å²) in [6.45, 7) is 2.67. The highest BCUT2D eigenvalue weighted by molar-refractivity contribution is 7.11. The molecule has 2 unspecified atom stereocenters. The molecule has 21 heavy (non-hydrogen) atoms. The first kappa shape index (κ1) is 15.9. The molecular weight excluding hydrogens is 288 g/mol. The summed E-state index contributed by atoms with van der Waals surface area (Å²) in [6.07, 6.45) is 6.40. The lowest BCUT2D eigenvalue weighted by atomic mass is 9.81. The highest BCUT2D eigenvalue weighted by atomic mass is 32.1. The largest absolute Gasteiger partial charge is 0.481 e. The quantitative estimate of drug-likeness (QED) is 0.844. The maximum Gasteiger partial charge on any atom is 0.306 e. The second kappa shape index (κ2) is 7.54. The van der Waals surface area contributed by atoms with E-state index in [2.05, 4.69) is 17.2 Å². The maximum absolute atomic E-state index is 12.1. The van der Waals surface area contributed by atoms with Gasteiger partial charge in [0.05, 0.1) is 10.9 Å². The topological polar surface area (TPSA) is 79.3 Å². The molecule has 1 saturated carbocycles. The molecule has 0 saturated heterocycles. The van der Waals surface area contributed by atoms with Crippen molar-refractivity contribution in [2.24, 2.45) is 11.8 Å². The first-order valence-corrected chi connectivity index (χ1v) is 8.36. The number of nitrogens with one attached hydrogen (secondary N) is 1. The maximum atomic E-state index is 12.1. The van der Waals surface area contributed by atoms with Gasteiger partial charge in [0.15, 0.2) is 0 Å². The van der Waals surface area contributed by atoms with Crippen LogP contribution < -0.4 is 5.32 Å². The lowest BCUT2D eigenvalue weighted by molar-refractivity contribution is -0.144. The van der Waals surface area contributed by atoms with Gasteiger partial charge in [-0.05, 0) is 25.7 Å². The van der Waals surface area contributed by atoms with Crippen LogP contribution in [0.1, 0.15) is 42.5 Å². The number of aliphatic carboxylic acids is 1. The Bertz CT molecular complexity index is 501. The number of carbonyl (C=O) groups is 2. The number of hydrogen-bond acceptors (Lipinski definition) is 4. The summed E-state index contributed by atoms with van der Waals surface area (Å²) in [5.74, 6) is -1.29. The zero-order chi connectivity index (χ0) is 15.2. The molecule has 1 aliphatic carbocycles. The van der Waals surface area contributed by atoms with Gasteiger partial charge >= 0.3 is 5.97 Å². The molecule has 0 radical (unpaired) electrons. The molecule has 0 spiro atoms. The Morgan fingerprint density at radius 2 is 2.19 bits per heavy atom. The van der Waals surface area contributed by atoms with Crippen molar-refractivity contribution in [3.8, 4) is 0 Å². The fourth-order valence-corrected chi connectivity index (χ4v) is 3.58. The number of amides is 1. The first-order chi connectivity index (χ1) is 10.1. The van der Waals surface area contributed by atoms with E-state index in [0.717, 1.165) is 30.7 Å². The number of aromatic nitrogens is 1. The van der Waals surface area contributed by atoms with E-state index in [-0.39, 0.29) is 17.7 Å². The molecule has 0 aromatic carbocycles. The third-order valence-corrected chi connectivity index (χ3v) is 5.18. The summed E-state index contributed by atoms with van der Waals surface area (Å²) in [6, 6.07) is 0. The fourth-order valence-electron chi connectivity index (χ4n) is 2.72. The van der Waals surface area contributed by atoms with Crippen molar-refractivity contribution in [3.05, 3.63) is 16.1 Å². The van der Waals surface area contributed by atoms with Crippen LogP contribution in [0.25, 0.3) is 0 Å². The van der Waals surface area contributed by atoms with E-state index in [4.69, 9.17) is 5.11 Å². The number of carbonyl (C=O) groups excluding carboxylic acids is 1. The number of hydrogen-bond donors (Lipinski definition) is 2. The first-order valence-electron chi connectivity index (χ1n) is 7.54. The van der Waals surface area contributed by atoms with Gasteiger partial charge in [-0.1, -0.05) is 13.3 Å². The molecule has 0 bridgehead atoms. The molecule has 116 valence electrons. The van der Waals surface area contributed by atoms with Crippen LogP contribution in [0.15, 0.2) is 6.20 Å². The van der Waals surface area contributed by atoms with Gasteiger partial charge < -0.3 is 10.4 Å². The second-order valence-corrected chi connectivity index (χ2v) is 6.71. The molecule has 2 rings (SSSR count). The van der Waals surface area contributed by atoms with Crippen LogP contribution in [0, 0.1) is 11.8 Å². The highest BCUT2D eigenvalue weighted by Gasteiger charge is 2.30. The standard InChI is InChI=1S/C15H22N2O3S/c1-2-12-9-17-13(21-12)6-7-16-14(18)10-4-3-5-11(8-10)15(19)20/h9-11H,2-8H2,1H3,(H,16,18)(H,19,20). The molecule has 1 aromatic rings. The van der Waals surface area contributed by atoms with E-state index in [9.17, 15) is 9.59 Å². The van der Waals surface area contributed by atoms with Crippen molar-refractivity contribution in [1.29, 1.82) is 0 Å². The monoisotopic (exact) mass is 310 g/mol. The van der Waals surface area contributed by atoms with Crippen LogP contribution >= 0.6 is 11.3 Å². The predicted molar refractivity (Wildman–Crippen MR) is 81.3 cm³/mol. The third-order valence-electron chi connectivity index (χ3n) is 3.98. The summed E-state index contributed by atoms with van der Waals surface area (Å²) in [5.41, 5.74) is 0. The summed E-state index contributed by atoms with van der Waals surface area (Å²) in [7, 11) is 0. The van der Waals surface area contributed by atoms with E-state index < -0.39 is 5.97 Å². The molecule has 1 fully saturated rings. The SMILES string of the molecule is CCc1cnc(CCNC(=O)C2CCCC(C(=O)O)C2)s1. The second-order valence-electron chi connectivity index (χ2n) is 5.51. The van der Waals surface area contributed by atoms with E-state index in [0.29, 0.717) is 19.4 Å². The smallest absolute Gasteiger partial charge is 0.306 e. The Balaban J connectivity index is 1.75. The van der Waals surface area contributed by atoms with Crippen LogP contribution in [0.4, 0.5) is 0 Å². The Kier molecular flexibility index (Phi) is 5.73. The minimum absolute atomic E-state index is 0.00628. The zero-order valence-electron chi connectivity index (χ0n) is 12.3. The molecule has 5 nitrogen and oxygen atoms in total. The number of carboxylic acids is 1. The van der Waals surface area contributed by atoms with Gasteiger partial charge in [0.25, 0.3) is 0 Å². The average Bonchev–Trinajstić information content (AvgIpc) is 2.95. The molecule has 1 heterocycles. The molecule has 2 atom stereocenters.